The third-order valence-electron chi connectivity index (χ3n) is 3.30. The van der Waals surface area contributed by atoms with Gasteiger partial charge >= 0.3 is 0 Å². The van der Waals surface area contributed by atoms with E-state index < -0.39 is 0 Å². The van der Waals surface area contributed by atoms with Crippen LogP contribution in [-0.4, -0.2) is 56.8 Å². The van der Waals surface area contributed by atoms with E-state index in [1.807, 2.05) is 12.1 Å². The lowest BCUT2D eigenvalue weighted by Crippen LogP contribution is -2.51. The summed E-state index contributed by atoms with van der Waals surface area (Å²) in [6, 6.07) is 7.07. The van der Waals surface area contributed by atoms with Crippen LogP contribution in [0.5, 0.6) is 5.75 Å². The third-order valence-corrected chi connectivity index (χ3v) is 3.53. The number of likely N-dealkylation sites (N-methyl/N-ethyl adjacent to an activating group) is 1. The smallest absolute Gasteiger partial charge is 0.241 e. The Morgan fingerprint density at radius 2 is 2.43 bits per heavy atom. The Kier molecular flexibility index (Phi) is 6.29. The van der Waals surface area contributed by atoms with Crippen LogP contribution in [0, 0.1) is 0 Å². The number of morpholine rings is 1. The van der Waals surface area contributed by atoms with Crippen molar-refractivity contribution in [2.45, 2.75) is 12.5 Å². The monoisotopic (exact) mass is 312 g/mol. The molecule has 0 spiro atoms. The zero-order valence-corrected chi connectivity index (χ0v) is 12.9. The van der Waals surface area contributed by atoms with E-state index in [1.165, 1.54) is 0 Å². The van der Waals surface area contributed by atoms with Crippen molar-refractivity contribution in [2.75, 3.05) is 40.0 Å². The summed E-state index contributed by atoms with van der Waals surface area (Å²) in [5.74, 6) is 0.816. The molecule has 1 saturated heterocycles. The number of hydrogen-bond donors (Lipinski definition) is 1. The fraction of sp³-hybridized carbons (Fsp3) is 0.533. The maximum atomic E-state index is 12.1. The van der Waals surface area contributed by atoms with Crippen molar-refractivity contribution in [1.29, 1.82) is 0 Å². The average molecular weight is 313 g/mol. The Morgan fingerprint density at radius 3 is 3.14 bits per heavy atom. The normalized spacial score (nSPS) is 18.3. The number of nitrogens with zero attached hydrogens (tertiary/aromatic N) is 1. The number of halogens is 1. The predicted molar refractivity (Wildman–Crippen MR) is 81.8 cm³/mol. The van der Waals surface area contributed by atoms with Crippen LogP contribution in [0.1, 0.15) is 6.42 Å². The third kappa shape index (κ3) is 5.19. The van der Waals surface area contributed by atoms with Gasteiger partial charge in [0.15, 0.2) is 0 Å². The average Bonchev–Trinajstić information content (AvgIpc) is 2.51. The number of carbonyl (C=O) groups is 1. The van der Waals surface area contributed by atoms with Gasteiger partial charge in [0.1, 0.15) is 11.8 Å². The highest BCUT2D eigenvalue weighted by Gasteiger charge is 2.23. The van der Waals surface area contributed by atoms with Crippen LogP contribution in [0.25, 0.3) is 0 Å². The van der Waals surface area contributed by atoms with Crippen LogP contribution in [0.3, 0.4) is 0 Å². The van der Waals surface area contributed by atoms with Gasteiger partial charge in [-0.05, 0) is 24.6 Å². The van der Waals surface area contributed by atoms with E-state index in [4.69, 9.17) is 21.1 Å². The second-order valence-corrected chi connectivity index (χ2v) is 5.44. The molecule has 1 aliphatic heterocycles. The molecule has 0 unspecified atom stereocenters. The van der Waals surface area contributed by atoms with Crippen LogP contribution in [-0.2, 0) is 9.53 Å². The van der Waals surface area contributed by atoms with Gasteiger partial charge < -0.3 is 19.7 Å². The summed E-state index contributed by atoms with van der Waals surface area (Å²) >= 11 is 5.88. The van der Waals surface area contributed by atoms with E-state index >= 15 is 0 Å². The number of rotatable bonds is 6. The number of benzene rings is 1. The van der Waals surface area contributed by atoms with Crippen molar-refractivity contribution in [1.82, 2.24) is 10.2 Å². The van der Waals surface area contributed by atoms with E-state index in [0.717, 1.165) is 18.7 Å². The van der Waals surface area contributed by atoms with Crippen molar-refractivity contribution in [3.63, 3.8) is 0 Å². The minimum atomic E-state index is -0.224. The summed E-state index contributed by atoms with van der Waals surface area (Å²) in [6.07, 6.45) is 0.766. The van der Waals surface area contributed by atoms with Crippen molar-refractivity contribution < 1.29 is 14.3 Å². The Morgan fingerprint density at radius 1 is 1.57 bits per heavy atom. The summed E-state index contributed by atoms with van der Waals surface area (Å²) < 4.78 is 10.9. The van der Waals surface area contributed by atoms with Crippen molar-refractivity contribution in [2.24, 2.45) is 0 Å². The van der Waals surface area contributed by atoms with E-state index in [0.29, 0.717) is 31.4 Å². The van der Waals surface area contributed by atoms with Gasteiger partial charge in [-0.25, -0.2) is 0 Å². The van der Waals surface area contributed by atoms with Gasteiger partial charge in [0.25, 0.3) is 0 Å². The first-order valence-electron chi connectivity index (χ1n) is 7.11. The van der Waals surface area contributed by atoms with Gasteiger partial charge in [-0.1, -0.05) is 17.7 Å². The zero-order valence-electron chi connectivity index (χ0n) is 12.2. The second-order valence-electron chi connectivity index (χ2n) is 5.00. The molecule has 2 rings (SSSR count). The molecule has 0 bridgehead atoms. The molecule has 0 saturated carbocycles. The largest absolute Gasteiger partial charge is 0.493 e. The minimum Gasteiger partial charge on any atom is -0.493 e. The van der Waals surface area contributed by atoms with Crippen molar-refractivity contribution in [3.05, 3.63) is 29.3 Å². The first kappa shape index (κ1) is 16.1. The lowest BCUT2D eigenvalue weighted by molar-refractivity contribution is -0.135. The molecule has 0 radical (unpaired) electrons. The Balaban J connectivity index is 1.66. The molecule has 1 aromatic rings. The number of amides is 1. The highest BCUT2D eigenvalue weighted by Crippen LogP contribution is 2.17. The Hall–Kier alpha value is -1.30. The van der Waals surface area contributed by atoms with Gasteiger partial charge in [-0.15, -0.1) is 0 Å². The highest BCUT2D eigenvalue weighted by atomic mass is 35.5. The predicted octanol–water partition coefficient (Wildman–Crippen LogP) is 1.56. The lowest BCUT2D eigenvalue weighted by Gasteiger charge is -2.27. The van der Waals surface area contributed by atoms with E-state index in [1.54, 1.807) is 24.1 Å². The van der Waals surface area contributed by atoms with Gasteiger partial charge in [-0.3, -0.25) is 4.79 Å². The van der Waals surface area contributed by atoms with Crippen LogP contribution in [0.4, 0.5) is 0 Å². The molecule has 1 heterocycles. The summed E-state index contributed by atoms with van der Waals surface area (Å²) in [5.41, 5.74) is 0. The molecule has 1 fully saturated rings. The zero-order chi connectivity index (χ0) is 15.1. The summed E-state index contributed by atoms with van der Waals surface area (Å²) in [7, 11) is 1.80. The summed E-state index contributed by atoms with van der Waals surface area (Å²) in [6.45, 7) is 3.04. The molecule has 5 nitrogen and oxygen atoms in total. The molecule has 21 heavy (non-hydrogen) atoms. The number of nitrogens with one attached hydrogen (secondary N) is 1. The Bertz CT molecular complexity index is 464. The van der Waals surface area contributed by atoms with E-state index in [-0.39, 0.29) is 11.9 Å². The standard InChI is InChI=1S/C15H21ClN2O3/c1-18(15(19)14-11-20-9-6-17-14)7-3-8-21-13-5-2-4-12(16)10-13/h2,4-5,10,14,17H,3,6-9,11H2,1H3/t14-/m1/s1. The molecule has 6 heteroatoms. The highest BCUT2D eigenvalue weighted by molar-refractivity contribution is 6.30. The fourth-order valence-electron chi connectivity index (χ4n) is 2.15. The molecule has 116 valence electrons. The van der Waals surface area contributed by atoms with Gasteiger partial charge in [-0.2, -0.15) is 0 Å². The topological polar surface area (TPSA) is 50.8 Å². The van der Waals surface area contributed by atoms with E-state index in [9.17, 15) is 4.79 Å². The van der Waals surface area contributed by atoms with Crippen molar-refractivity contribution in [3.8, 4) is 5.75 Å². The molecule has 1 aromatic carbocycles. The van der Waals surface area contributed by atoms with Gasteiger partial charge in [0, 0.05) is 25.2 Å². The van der Waals surface area contributed by atoms with E-state index in [2.05, 4.69) is 5.32 Å². The maximum absolute atomic E-state index is 12.1. The molecule has 0 aromatic heterocycles. The van der Waals surface area contributed by atoms with Crippen molar-refractivity contribution >= 4 is 17.5 Å². The molecule has 1 amide bonds. The lowest BCUT2D eigenvalue weighted by atomic mass is 10.2. The molecule has 0 aliphatic carbocycles. The van der Waals surface area contributed by atoms with Crippen LogP contribution in [0.15, 0.2) is 24.3 Å². The number of hydrogen-bond acceptors (Lipinski definition) is 4. The SMILES string of the molecule is CN(CCCOc1cccc(Cl)c1)C(=O)[C@H]1COCCN1. The van der Waals surface area contributed by atoms with Gasteiger partial charge in [0.2, 0.25) is 5.91 Å². The van der Waals surface area contributed by atoms with Crippen LogP contribution < -0.4 is 10.1 Å². The summed E-state index contributed by atoms with van der Waals surface area (Å²) in [5, 5.41) is 3.82. The van der Waals surface area contributed by atoms with Crippen LogP contribution >= 0.6 is 11.6 Å². The van der Waals surface area contributed by atoms with Gasteiger partial charge in [0.05, 0.1) is 19.8 Å². The second kappa shape index (κ2) is 8.22. The maximum Gasteiger partial charge on any atom is 0.241 e. The minimum absolute atomic E-state index is 0.0671. The first-order valence-corrected chi connectivity index (χ1v) is 7.49. The summed E-state index contributed by atoms with van der Waals surface area (Å²) in [4.78, 5) is 13.8. The number of carbonyl (C=O) groups excluding carboxylic acids is 1. The van der Waals surface area contributed by atoms with Crippen LogP contribution in [0.2, 0.25) is 5.02 Å². The molecule has 1 atom stereocenters. The molecule has 1 N–H and O–H groups in total. The Labute approximate surface area is 130 Å². The molecular weight excluding hydrogens is 292 g/mol. The molecular formula is C15H21ClN2O3. The fourth-order valence-corrected chi connectivity index (χ4v) is 2.33. The number of ether oxygens (including phenoxy) is 2. The quantitative estimate of drug-likeness (QED) is 0.810. The molecule has 1 aliphatic rings. The first-order chi connectivity index (χ1) is 10.2.